The van der Waals surface area contributed by atoms with Gasteiger partial charge < -0.3 is 4.74 Å². The highest BCUT2D eigenvalue weighted by Crippen LogP contribution is 2.33. The summed E-state index contributed by atoms with van der Waals surface area (Å²) in [7, 11) is 0. The number of esters is 1. The van der Waals surface area contributed by atoms with Crippen molar-refractivity contribution in [1.82, 2.24) is 0 Å². The van der Waals surface area contributed by atoms with E-state index in [0.717, 1.165) is 37.4 Å². The SMILES string of the molecule is CCCCCCC(SC#N)(C(C)=O)C(=O)OCC. The van der Waals surface area contributed by atoms with Gasteiger partial charge in [0, 0.05) is 0 Å². The number of Topliss-reactive ketones (excluding diaryl/α,β-unsaturated/α-hetero) is 1. The molecule has 0 aliphatic heterocycles. The fraction of sp³-hybridized carbons (Fsp3) is 0.769. The van der Waals surface area contributed by atoms with Gasteiger partial charge in [-0.2, -0.15) is 5.26 Å². The average molecular weight is 271 g/mol. The highest BCUT2D eigenvalue weighted by atomic mass is 32.2. The number of ketones is 1. The first kappa shape index (κ1) is 17.0. The van der Waals surface area contributed by atoms with Gasteiger partial charge in [-0.1, -0.05) is 32.6 Å². The number of carbonyl (C=O) groups is 2. The molecular formula is C13H21NO3S. The summed E-state index contributed by atoms with van der Waals surface area (Å²) in [6, 6.07) is 0. The van der Waals surface area contributed by atoms with Crippen LogP contribution in [0.3, 0.4) is 0 Å². The van der Waals surface area contributed by atoms with Gasteiger partial charge in [0.2, 0.25) is 0 Å². The Kier molecular flexibility index (Phi) is 8.47. The molecule has 0 saturated carbocycles. The molecule has 0 heterocycles. The first-order valence-corrected chi connectivity index (χ1v) is 7.12. The summed E-state index contributed by atoms with van der Waals surface area (Å²) in [5.41, 5.74) is 0. The lowest BCUT2D eigenvalue weighted by Crippen LogP contribution is -2.43. The van der Waals surface area contributed by atoms with E-state index in [-0.39, 0.29) is 12.4 Å². The molecule has 0 saturated heterocycles. The molecule has 0 radical (unpaired) electrons. The van der Waals surface area contributed by atoms with E-state index in [1.165, 1.54) is 6.92 Å². The average Bonchev–Trinajstić information content (AvgIpc) is 2.33. The zero-order chi connectivity index (χ0) is 14.0. The van der Waals surface area contributed by atoms with Gasteiger partial charge in [-0.25, -0.2) is 0 Å². The molecule has 18 heavy (non-hydrogen) atoms. The lowest BCUT2D eigenvalue weighted by atomic mass is 9.96. The number of nitriles is 1. The fourth-order valence-electron chi connectivity index (χ4n) is 1.71. The molecule has 0 amide bonds. The summed E-state index contributed by atoms with van der Waals surface area (Å²) in [5, 5.41) is 10.7. The van der Waals surface area contributed by atoms with Crippen LogP contribution in [0.15, 0.2) is 0 Å². The second kappa shape index (κ2) is 8.98. The minimum absolute atomic E-state index is 0.217. The Hall–Kier alpha value is -1.02. The molecule has 0 spiro atoms. The van der Waals surface area contributed by atoms with E-state index >= 15 is 0 Å². The van der Waals surface area contributed by atoms with Crippen LogP contribution in [0.4, 0.5) is 0 Å². The highest BCUT2D eigenvalue weighted by molar-refractivity contribution is 8.06. The Morgan fingerprint density at radius 3 is 2.39 bits per heavy atom. The quantitative estimate of drug-likeness (QED) is 0.279. The van der Waals surface area contributed by atoms with Gasteiger partial charge in [-0.3, -0.25) is 9.59 Å². The molecule has 0 aromatic rings. The standard InChI is InChI=1S/C13H21NO3S/c1-4-6-7-8-9-13(11(3)15,18-10-14)12(16)17-5-2/h4-9H2,1-3H3. The molecule has 0 rings (SSSR count). The third kappa shape index (κ3) is 4.69. The maximum Gasteiger partial charge on any atom is 0.330 e. The van der Waals surface area contributed by atoms with E-state index in [1.54, 1.807) is 6.92 Å². The summed E-state index contributed by atoms with van der Waals surface area (Å²) in [6.45, 7) is 5.35. The van der Waals surface area contributed by atoms with Crippen LogP contribution in [0.1, 0.15) is 52.9 Å². The molecule has 0 aromatic heterocycles. The molecule has 0 bridgehead atoms. The van der Waals surface area contributed by atoms with Crippen LogP contribution >= 0.6 is 11.8 Å². The van der Waals surface area contributed by atoms with Crippen LogP contribution in [0.2, 0.25) is 0 Å². The van der Waals surface area contributed by atoms with Gasteiger partial charge in [0.1, 0.15) is 5.40 Å². The molecule has 0 N–H and O–H groups in total. The molecule has 1 unspecified atom stereocenters. The zero-order valence-corrected chi connectivity index (χ0v) is 12.1. The lowest BCUT2D eigenvalue weighted by Gasteiger charge is -2.25. The number of thioether (sulfide) groups is 1. The topological polar surface area (TPSA) is 67.2 Å². The number of thiocyanates is 1. The molecular weight excluding hydrogens is 250 g/mol. The minimum Gasteiger partial charge on any atom is -0.465 e. The minimum atomic E-state index is -1.33. The van der Waals surface area contributed by atoms with Gasteiger partial charge in [-0.15, -0.1) is 0 Å². The second-order valence-electron chi connectivity index (χ2n) is 4.11. The number of rotatable bonds is 9. The number of unbranched alkanes of at least 4 members (excludes halogenated alkanes) is 3. The van der Waals surface area contributed by atoms with Gasteiger partial charge in [0.25, 0.3) is 0 Å². The van der Waals surface area contributed by atoms with Crippen LogP contribution in [0.5, 0.6) is 0 Å². The Labute approximate surface area is 113 Å². The van der Waals surface area contributed by atoms with Crippen molar-refractivity contribution >= 4 is 23.5 Å². The molecule has 1 atom stereocenters. The maximum atomic E-state index is 11.9. The molecule has 102 valence electrons. The molecule has 0 aliphatic rings. The van der Waals surface area contributed by atoms with E-state index < -0.39 is 10.7 Å². The number of hydrogen-bond acceptors (Lipinski definition) is 5. The van der Waals surface area contributed by atoms with E-state index in [9.17, 15) is 9.59 Å². The zero-order valence-electron chi connectivity index (χ0n) is 11.3. The van der Waals surface area contributed by atoms with E-state index in [0.29, 0.717) is 6.42 Å². The maximum absolute atomic E-state index is 11.9. The first-order valence-electron chi connectivity index (χ1n) is 6.30. The number of nitrogens with zero attached hydrogens (tertiary/aromatic N) is 1. The number of carbonyl (C=O) groups excluding carboxylic acids is 2. The lowest BCUT2D eigenvalue weighted by molar-refractivity contribution is -0.149. The fourth-order valence-corrected chi connectivity index (χ4v) is 2.40. The Morgan fingerprint density at radius 2 is 1.94 bits per heavy atom. The van der Waals surface area contributed by atoms with Gasteiger partial charge in [0.05, 0.1) is 6.61 Å². The Bertz CT molecular complexity index is 325. The summed E-state index contributed by atoms with van der Waals surface area (Å²) >= 11 is 0.720. The second-order valence-corrected chi connectivity index (χ2v) is 5.19. The molecule has 0 aromatic carbocycles. The van der Waals surface area contributed by atoms with Crippen LogP contribution in [-0.2, 0) is 14.3 Å². The summed E-state index contributed by atoms with van der Waals surface area (Å²) in [5.74, 6) is -0.885. The number of ether oxygens (including phenoxy) is 1. The summed E-state index contributed by atoms with van der Waals surface area (Å²) in [6.07, 6.45) is 4.23. The van der Waals surface area contributed by atoms with Crippen molar-refractivity contribution in [3.63, 3.8) is 0 Å². The largest absolute Gasteiger partial charge is 0.465 e. The highest BCUT2D eigenvalue weighted by Gasteiger charge is 2.45. The first-order chi connectivity index (χ1) is 8.55. The Balaban J connectivity index is 4.81. The number of hydrogen-bond donors (Lipinski definition) is 0. The van der Waals surface area contributed by atoms with Crippen molar-refractivity contribution in [3.8, 4) is 5.40 Å². The van der Waals surface area contributed by atoms with E-state index in [1.807, 2.05) is 5.40 Å². The van der Waals surface area contributed by atoms with Crippen molar-refractivity contribution in [2.24, 2.45) is 0 Å². The van der Waals surface area contributed by atoms with E-state index in [4.69, 9.17) is 10.00 Å². The predicted octanol–water partition coefficient (Wildman–Crippen LogP) is 3.06. The molecule has 0 aliphatic carbocycles. The third-order valence-corrected chi connectivity index (χ3v) is 3.87. The van der Waals surface area contributed by atoms with Gasteiger partial charge in [-0.05, 0) is 32.0 Å². The predicted molar refractivity (Wildman–Crippen MR) is 72.0 cm³/mol. The van der Waals surface area contributed by atoms with Crippen LogP contribution < -0.4 is 0 Å². The van der Waals surface area contributed by atoms with Gasteiger partial charge >= 0.3 is 5.97 Å². The summed E-state index contributed by atoms with van der Waals surface area (Å²) in [4.78, 5) is 23.7. The monoisotopic (exact) mass is 271 g/mol. The van der Waals surface area contributed by atoms with Crippen LogP contribution in [0, 0.1) is 10.7 Å². The molecule has 4 nitrogen and oxygen atoms in total. The van der Waals surface area contributed by atoms with E-state index in [2.05, 4.69) is 6.92 Å². The van der Waals surface area contributed by atoms with Gasteiger partial charge in [0.15, 0.2) is 10.5 Å². The van der Waals surface area contributed by atoms with Crippen molar-refractivity contribution in [3.05, 3.63) is 0 Å². The third-order valence-electron chi connectivity index (χ3n) is 2.78. The Morgan fingerprint density at radius 1 is 1.28 bits per heavy atom. The normalized spacial score (nSPS) is 13.4. The molecule has 0 fully saturated rings. The van der Waals surface area contributed by atoms with Crippen molar-refractivity contribution in [2.75, 3.05) is 6.61 Å². The van der Waals surface area contributed by atoms with Crippen molar-refractivity contribution in [1.29, 1.82) is 5.26 Å². The van der Waals surface area contributed by atoms with Crippen LogP contribution in [0.25, 0.3) is 0 Å². The smallest absolute Gasteiger partial charge is 0.330 e. The molecule has 5 heteroatoms. The van der Waals surface area contributed by atoms with Crippen molar-refractivity contribution in [2.45, 2.75) is 57.6 Å². The van der Waals surface area contributed by atoms with Crippen molar-refractivity contribution < 1.29 is 14.3 Å². The van der Waals surface area contributed by atoms with Crippen LogP contribution in [-0.4, -0.2) is 23.1 Å². The summed E-state index contributed by atoms with van der Waals surface area (Å²) < 4.78 is 3.61.